The number of likely N-dealkylation sites (tertiary alicyclic amines) is 1. The predicted octanol–water partition coefficient (Wildman–Crippen LogP) is 1.21. The fourth-order valence-corrected chi connectivity index (χ4v) is 4.64. The maximum Gasteiger partial charge on any atom is 0.236 e. The van der Waals surface area contributed by atoms with Crippen LogP contribution in [0.25, 0.3) is 0 Å². The van der Waals surface area contributed by atoms with Crippen LogP contribution in [0.1, 0.15) is 48.9 Å². The first kappa shape index (κ1) is 17.0. The molecule has 0 aromatic carbocycles. The number of amides is 1. The van der Waals surface area contributed by atoms with E-state index in [1.165, 1.54) is 30.1 Å². The number of likely N-dealkylation sites (N-methyl/N-ethyl adjacent to an activating group) is 1. The highest BCUT2D eigenvalue weighted by Crippen LogP contribution is 2.33. The second-order valence-corrected chi connectivity index (χ2v) is 7.94. The van der Waals surface area contributed by atoms with Crippen LogP contribution in [0.3, 0.4) is 0 Å². The van der Waals surface area contributed by atoms with Crippen LogP contribution in [-0.2, 0) is 24.7 Å². The molecule has 6 nitrogen and oxygen atoms in total. The van der Waals surface area contributed by atoms with Crippen LogP contribution in [0.5, 0.6) is 0 Å². The second-order valence-electron chi connectivity index (χ2n) is 7.94. The average Bonchev–Trinajstić information content (AvgIpc) is 3.20. The Morgan fingerprint density at radius 2 is 1.80 bits per heavy atom. The molecule has 1 aromatic heterocycles. The molecule has 0 spiro atoms. The fraction of sp³-hybridized carbons (Fsp3) is 0.789. The molecule has 0 radical (unpaired) electrons. The van der Waals surface area contributed by atoms with E-state index in [4.69, 9.17) is 4.98 Å². The van der Waals surface area contributed by atoms with Crippen LogP contribution in [-0.4, -0.2) is 76.5 Å². The lowest BCUT2D eigenvalue weighted by Gasteiger charge is -2.34. The minimum Gasteiger partial charge on any atom is -0.339 e. The highest BCUT2D eigenvalue weighted by atomic mass is 16.2. The number of hydrogen-bond acceptors (Lipinski definition) is 4. The van der Waals surface area contributed by atoms with E-state index in [0.29, 0.717) is 18.5 Å². The molecule has 3 heterocycles. The van der Waals surface area contributed by atoms with E-state index in [-0.39, 0.29) is 0 Å². The van der Waals surface area contributed by atoms with Crippen molar-refractivity contribution < 1.29 is 4.79 Å². The molecule has 4 rings (SSSR count). The lowest BCUT2D eigenvalue weighted by Crippen LogP contribution is -2.50. The Hall–Kier alpha value is -1.40. The molecule has 1 amide bonds. The highest BCUT2D eigenvalue weighted by molar-refractivity contribution is 5.78. The van der Waals surface area contributed by atoms with E-state index in [1.807, 2.05) is 4.90 Å². The Labute approximate surface area is 150 Å². The molecular weight excluding hydrogens is 314 g/mol. The Morgan fingerprint density at radius 3 is 2.56 bits per heavy atom. The normalized spacial score (nSPS) is 25.4. The van der Waals surface area contributed by atoms with Gasteiger partial charge in [-0.3, -0.25) is 9.69 Å². The zero-order valence-electron chi connectivity index (χ0n) is 15.7. The summed E-state index contributed by atoms with van der Waals surface area (Å²) in [7, 11) is 4.30. The van der Waals surface area contributed by atoms with Gasteiger partial charge in [0.05, 0.1) is 18.3 Å². The van der Waals surface area contributed by atoms with Gasteiger partial charge in [-0.2, -0.15) is 0 Å². The zero-order valence-corrected chi connectivity index (χ0v) is 15.7. The SMILES string of the molecule is CN1CCN(C(=O)CN2CCCC2c2nc3c(n2C)CCCC3)CC1. The van der Waals surface area contributed by atoms with E-state index < -0.39 is 0 Å². The van der Waals surface area contributed by atoms with Crippen molar-refractivity contribution in [1.82, 2.24) is 24.3 Å². The molecule has 6 heteroatoms. The summed E-state index contributed by atoms with van der Waals surface area (Å²) in [5, 5.41) is 0. The van der Waals surface area contributed by atoms with Crippen molar-refractivity contribution >= 4 is 5.91 Å². The number of fused-ring (bicyclic) bond motifs is 1. The van der Waals surface area contributed by atoms with Gasteiger partial charge in [-0.1, -0.05) is 0 Å². The van der Waals surface area contributed by atoms with Gasteiger partial charge in [-0.25, -0.2) is 4.98 Å². The van der Waals surface area contributed by atoms with Gasteiger partial charge in [0.25, 0.3) is 0 Å². The molecule has 1 aromatic rings. The van der Waals surface area contributed by atoms with Crippen LogP contribution in [0.2, 0.25) is 0 Å². The number of imidazole rings is 1. The largest absolute Gasteiger partial charge is 0.339 e. The Morgan fingerprint density at radius 1 is 1.04 bits per heavy atom. The first-order chi connectivity index (χ1) is 12.1. The van der Waals surface area contributed by atoms with Crippen LogP contribution < -0.4 is 0 Å². The molecule has 1 aliphatic carbocycles. The van der Waals surface area contributed by atoms with Gasteiger partial charge < -0.3 is 14.4 Å². The van der Waals surface area contributed by atoms with E-state index in [9.17, 15) is 4.79 Å². The van der Waals surface area contributed by atoms with Gasteiger partial charge in [-0.15, -0.1) is 0 Å². The van der Waals surface area contributed by atoms with Gasteiger partial charge in [0.1, 0.15) is 5.82 Å². The molecule has 3 aliphatic rings. The van der Waals surface area contributed by atoms with Crippen LogP contribution in [0, 0.1) is 0 Å². The minimum atomic E-state index is 0.291. The molecule has 0 saturated carbocycles. The van der Waals surface area contributed by atoms with E-state index in [2.05, 4.69) is 28.5 Å². The average molecular weight is 345 g/mol. The number of nitrogens with zero attached hydrogens (tertiary/aromatic N) is 5. The van der Waals surface area contributed by atoms with Crippen LogP contribution in [0.4, 0.5) is 0 Å². The van der Waals surface area contributed by atoms with Gasteiger partial charge in [-0.05, 0) is 52.1 Å². The number of carbonyl (C=O) groups excluding carboxylic acids is 1. The monoisotopic (exact) mass is 345 g/mol. The summed E-state index contributed by atoms with van der Waals surface area (Å²) in [6.07, 6.45) is 7.11. The van der Waals surface area contributed by atoms with Gasteiger partial charge in [0.15, 0.2) is 0 Å². The first-order valence-corrected chi connectivity index (χ1v) is 9.88. The van der Waals surface area contributed by atoms with Crippen molar-refractivity contribution in [3.63, 3.8) is 0 Å². The summed E-state index contributed by atoms with van der Waals surface area (Å²) in [4.78, 5) is 24.5. The van der Waals surface area contributed by atoms with Gasteiger partial charge >= 0.3 is 0 Å². The number of aromatic nitrogens is 2. The standard InChI is InChI=1S/C19H31N5O/c1-21-10-12-23(13-11-21)18(25)14-24-9-5-8-17(24)19-20-15-6-3-4-7-16(15)22(19)2/h17H,3-14H2,1-2H3. The topological polar surface area (TPSA) is 44.6 Å². The first-order valence-electron chi connectivity index (χ1n) is 9.88. The maximum absolute atomic E-state index is 12.8. The minimum absolute atomic E-state index is 0.291. The quantitative estimate of drug-likeness (QED) is 0.826. The highest BCUT2D eigenvalue weighted by Gasteiger charge is 2.33. The van der Waals surface area contributed by atoms with Crippen molar-refractivity contribution in [1.29, 1.82) is 0 Å². The van der Waals surface area contributed by atoms with E-state index >= 15 is 0 Å². The third kappa shape index (κ3) is 3.34. The summed E-state index contributed by atoms with van der Waals surface area (Å²) >= 11 is 0. The fourth-order valence-electron chi connectivity index (χ4n) is 4.64. The summed E-state index contributed by atoms with van der Waals surface area (Å²) in [5.41, 5.74) is 2.74. The molecule has 1 unspecified atom stereocenters. The Bertz CT molecular complexity index is 632. The van der Waals surface area contributed by atoms with Gasteiger partial charge in [0.2, 0.25) is 5.91 Å². The summed E-state index contributed by atoms with van der Waals surface area (Å²) < 4.78 is 2.33. The molecule has 0 N–H and O–H groups in total. The van der Waals surface area contributed by atoms with Crippen molar-refractivity contribution in [3.05, 3.63) is 17.2 Å². The lowest BCUT2D eigenvalue weighted by molar-refractivity contribution is -0.134. The van der Waals surface area contributed by atoms with Crippen molar-refractivity contribution in [2.24, 2.45) is 7.05 Å². The number of carbonyl (C=O) groups is 1. The maximum atomic E-state index is 12.8. The van der Waals surface area contributed by atoms with Crippen LogP contribution in [0.15, 0.2) is 0 Å². The van der Waals surface area contributed by atoms with E-state index in [0.717, 1.165) is 58.4 Å². The number of piperazine rings is 1. The molecule has 25 heavy (non-hydrogen) atoms. The third-order valence-electron chi connectivity index (χ3n) is 6.26. The molecule has 138 valence electrons. The van der Waals surface area contributed by atoms with Gasteiger partial charge in [0, 0.05) is 38.9 Å². The number of hydrogen-bond donors (Lipinski definition) is 0. The summed E-state index contributed by atoms with van der Waals surface area (Å²) in [5.74, 6) is 1.48. The molecule has 0 bridgehead atoms. The summed E-state index contributed by atoms with van der Waals surface area (Å²) in [6.45, 7) is 5.27. The molecular formula is C19H31N5O. The molecule has 2 saturated heterocycles. The predicted molar refractivity (Wildman–Crippen MR) is 97.5 cm³/mol. The molecule has 1 atom stereocenters. The van der Waals surface area contributed by atoms with E-state index in [1.54, 1.807) is 0 Å². The molecule has 2 fully saturated rings. The number of rotatable bonds is 3. The van der Waals surface area contributed by atoms with Crippen molar-refractivity contribution in [3.8, 4) is 0 Å². The third-order valence-corrected chi connectivity index (χ3v) is 6.26. The van der Waals surface area contributed by atoms with Crippen molar-refractivity contribution in [2.75, 3.05) is 46.3 Å². The Kier molecular flexibility index (Phi) is 4.82. The van der Waals surface area contributed by atoms with Crippen LogP contribution >= 0.6 is 0 Å². The smallest absolute Gasteiger partial charge is 0.236 e. The number of aryl methyl sites for hydroxylation is 1. The zero-order chi connectivity index (χ0) is 17.4. The lowest BCUT2D eigenvalue weighted by atomic mass is 10.0. The summed E-state index contributed by atoms with van der Waals surface area (Å²) in [6, 6.07) is 0.312. The Balaban J connectivity index is 1.46. The van der Waals surface area contributed by atoms with Crippen molar-refractivity contribution in [2.45, 2.75) is 44.6 Å². The molecule has 2 aliphatic heterocycles. The second kappa shape index (κ2) is 7.08.